The molecule has 2 heterocycles. The van der Waals surface area contributed by atoms with Crippen LogP contribution in [0, 0.1) is 11.3 Å². The van der Waals surface area contributed by atoms with Gasteiger partial charge in [-0.2, -0.15) is 0 Å². The highest BCUT2D eigenvalue weighted by atomic mass is 32.1. The average Bonchev–Trinajstić information content (AvgIpc) is 2.84. The molecule has 0 atom stereocenters. The Labute approximate surface area is 235 Å². The summed E-state index contributed by atoms with van der Waals surface area (Å²) >= 11 is 10.7. The molecule has 10 heteroatoms. The lowest BCUT2D eigenvalue weighted by molar-refractivity contribution is -0.144. The van der Waals surface area contributed by atoms with Gasteiger partial charge in [0.25, 0.3) is 11.8 Å². The number of likely N-dealkylation sites (N-methyl/N-ethyl adjacent to an activating group) is 2. The molecule has 2 saturated heterocycles. The maximum atomic E-state index is 13.0. The van der Waals surface area contributed by atoms with E-state index in [1.165, 1.54) is 19.6 Å². The minimum Gasteiger partial charge on any atom is -0.288 e. The molecule has 0 saturated carbocycles. The zero-order valence-corrected chi connectivity index (χ0v) is 24.6. The summed E-state index contributed by atoms with van der Waals surface area (Å²) in [5, 5.41) is 0.485. The molecule has 0 bridgehead atoms. The van der Waals surface area contributed by atoms with Gasteiger partial charge in [0.15, 0.2) is 10.2 Å². The smallest absolute Gasteiger partial charge is 0.265 e. The molecule has 2 aliphatic heterocycles. The van der Waals surface area contributed by atoms with Crippen molar-refractivity contribution < 1.29 is 19.2 Å². The number of carbonyl (C=O) groups is 4. The van der Waals surface area contributed by atoms with Gasteiger partial charge in [0.05, 0.1) is 0 Å². The molecule has 0 aromatic heterocycles. The van der Waals surface area contributed by atoms with Crippen LogP contribution in [0.5, 0.6) is 0 Å². The Hall–Kier alpha value is -2.98. The molecule has 0 N–H and O–H groups in total. The van der Waals surface area contributed by atoms with E-state index in [-0.39, 0.29) is 33.0 Å². The summed E-state index contributed by atoms with van der Waals surface area (Å²) in [5.74, 6) is -2.34. The summed E-state index contributed by atoms with van der Waals surface area (Å²) in [5.41, 5.74) is 1.89. The predicted molar refractivity (Wildman–Crippen MR) is 155 cm³/mol. The monoisotopic (exact) mass is 556 g/mol. The van der Waals surface area contributed by atoms with Gasteiger partial charge < -0.3 is 0 Å². The summed E-state index contributed by atoms with van der Waals surface area (Å²) in [6.45, 7) is 13.1. The van der Waals surface area contributed by atoms with Gasteiger partial charge in [-0.05, 0) is 87.6 Å². The van der Waals surface area contributed by atoms with Crippen LogP contribution in [0.4, 0.5) is 0 Å². The Bertz CT molecular complexity index is 1140. The minimum absolute atomic E-state index is 0.0809. The van der Waals surface area contributed by atoms with E-state index in [9.17, 15) is 19.2 Å². The first kappa shape index (κ1) is 29.6. The van der Waals surface area contributed by atoms with Crippen LogP contribution in [0.15, 0.2) is 47.1 Å². The normalized spacial score (nSPS) is 22.4. The third-order valence-corrected chi connectivity index (χ3v) is 7.79. The van der Waals surface area contributed by atoms with Crippen LogP contribution in [-0.2, 0) is 19.2 Å². The van der Waals surface area contributed by atoms with E-state index in [0.29, 0.717) is 26.2 Å². The molecule has 38 heavy (non-hydrogen) atoms. The SMILES string of the molecule is CCN1C(=O)C(=C/C=C2C=C(/C=C/C3C(=O)N(CC)C(=S)N(CC)C3=O)CC(C)(C)C/2)C(=O)N(CC)C1=S. The van der Waals surface area contributed by atoms with Crippen molar-refractivity contribution in [1.82, 2.24) is 19.6 Å². The van der Waals surface area contributed by atoms with Crippen LogP contribution in [-0.4, -0.2) is 79.6 Å². The van der Waals surface area contributed by atoms with Crippen LogP contribution < -0.4 is 0 Å². The van der Waals surface area contributed by atoms with Crippen LogP contribution in [0.25, 0.3) is 0 Å². The van der Waals surface area contributed by atoms with Gasteiger partial charge >= 0.3 is 0 Å². The number of nitrogens with zero attached hydrogens (tertiary/aromatic N) is 4. The van der Waals surface area contributed by atoms with E-state index < -0.39 is 17.7 Å². The van der Waals surface area contributed by atoms with Crippen LogP contribution in [0.1, 0.15) is 54.4 Å². The maximum Gasteiger partial charge on any atom is 0.265 e. The van der Waals surface area contributed by atoms with Crippen molar-refractivity contribution in [2.75, 3.05) is 26.2 Å². The number of amides is 4. The van der Waals surface area contributed by atoms with Crippen LogP contribution in [0.2, 0.25) is 0 Å². The lowest BCUT2D eigenvalue weighted by Crippen LogP contribution is -2.58. The highest BCUT2D eigenvalue weighted by molar-refractivity contribution is 7.80. The molecule has 0 radical (unpaired) electrons. The van der Waals surface area contributed by atoms with E-state index in [1.807, 2.05) is 45.9 Å². The second-order valence-electron chi connectivity index (χ2n) is 10.2. The molecule has 0 spiro atoms. The lowest BCUT2D eigenvalue weighted by Gasteiger charge is -2.37. The zero-order valence-electron chi connectivity index (χ0n) is 22.9. The molecular weight excluding hydrogens is 520 g/mol. The van der Waals surface area contributed by atoms with E-state index in [1.54, 1.807) is 12.2 Å². The molecule has 204 valence electrons. The van der Waals surface area contributed by atoms with Gasteiger partial charge in [0.2, 0.25) is 11.8 Å². The van der Waals surface area contributed by atoms with Crippen molar-refractivity contribution in [1.29, 1.82) is 0 Å². The molecule has 0 aromatic carbocycles. The Balaban J connectivity index is 1.93. The van der Waals surface area contributed by atoms with Gasteiger partial charge in [0, 0.05) is 26.2 Å². The van der Waals surface area contributed by atoms with Crippen molar-refractivity contribution in [2.24, 2.45) is 11.3 Å². The first-order valence-corrected chi connectivity index (χ1v) is 13.9. The average molecular weight is 557 g/mol. The molecular formula is C28H36N4O4S2. The van der Waals surface area contributed by atoms with Gasteiger partial charge in [-0.15, -0.1) is 0 Å². The van der Waals surface area contributed by atoms with E-state index in [2.05, 4.69) is 13.8 Å². The molecule has 1 aliphatic carbocycles. The standard InChI is InChI=1S/C28H36N4O4S2/c1-7-29-22(33)20(23(34)30(8-2)26(29)37)13-11-18-15-19(17-28(5,6)16-18)12-14-21-24(35)31(9-3)27(38)32(10-4)25(21)36/h11-15,20H,7-10,16-17H2,1-6H3/b13-11+,19-12-. The number of thiocarbonyl (C=S) groups is 2. The van der Waals surface area contributed by atoms with Crippen molar-refractivity contribution >= 4 is 58.3 Å². The van der Waals surface area contributed by atoms with E-state index in [4.69, 9.17) is 24.4 Å². The van der Waals surface area contributed by atoms with Gasteiger partial charge in [-0.3, -0.25) is 38.8 Å². The Kier molecular flexibility index (Phi) is 9.20. The van der Waals surface area contributed by atoms with Crippen LogP contribution >= 0.6 is 24.4 Å². The molecule has 3 rings (SSSR count). The number of hydrogen-bond acceptors (Lipinski definition) is 6. The highest BCUT2D eigenvalue weighted by Gasteiger charge is 2.41. The number of carbonyl (C=O) groups excluding carboxylic acids is 4. The molecule has 4 amide bonds. The number of allylic oxidation sites excluding steroid dienone is 6. The molecule has 0 unspecified atom stereocenters. The largest absolute Gasteiger partial charge is 0.288 e. The summed E-state index contributed by atoms with van der Waals surface area (Å²) < 4.78 is 0. The third-order valence-electron chi connectivity index (χ3n) is 6.91. The lowest BCUT2D eigenvalue weighted by atomic mass is 9.75. The summed E-state index contributed by atoms with van der Waals surface area (Å²) in [6, 6.07) is 0. The minimum atomic E-state index is -0.927. The summed E-state index contributed by atoms with van der Waals surface area (Å²) in [4.78, 5) is 57.7. The summed E-state index contributed by atoms with van der Waals surface area (Å²) in [6.07, 6.45) is 10.4. The first-order valence-electron chi connectivity index (χ1n) is 13.0. The number of rotatable bonds is 7. The van der Waals surface area contributed by atoms with Gasteiger partial charge in [0.1, 0.15) is 11.5 Å². The topological polar surface area (TPSA) is 81.2 Å². The Morgan fingerprint density at radius 2 is 1.26 bits per heavy atom. The second kappa shape index (κ2) is 11.8. The third kappa shape index (κ3) is 5.71. The summed E-state index contributed by atoms with van der Waals surface area (Å²) in [7, 11) is 0. The van der Waals surface area contributed by atoms with Crippen molar-refractivity contribution in [3.05, 3.63) is 47.1 Å². The van der Waals surface area contributed by atoms with Crippen molar-refractivity contribution in [3.63, 3.8) is 0 Å². The molecule has 3 aliphatic rings. The zero-order chi connectivity index (χ0) is 28.4. The molecule has 8 nitrogen and oxygen atoms in total. The molecule has 2 fully saturated rings. The molecule has 0 aromatic rings. The fourth-order valence-electron chi connectivity index (χ4n) is 5.06. The fourth-order valence-corrected chi connectivity index (χ4v) is 5.92. The van der Waals surface area contributed by atoms with Crippen LogP contribution in [0.3, 0.4) is 0 Å². The van der Waals surface area contributed by atoms with E-state index in [0.717, 1.165) is 24.0 Å². The predicted octanol–water partition coefficient (Wildman–Crippen LogP) is 3.75. The first-order chi connectivity index (χ1) is 17.9. The highest BCUT2D eigenvalue weighted by Crippen LogP contribution is 2.39. The fraction of sp³-hybridized carbons (Fsp3) is 0.500. The number of hydrogen-bond donors (Lipinski definition) is 0. The van der Waals surface area contributed by atoms with Crippen molar-refractivity contribution in [2.45, 2.75) is 54.4 Å². The van der Waals surface area contributed by atoms with Gasteiger partial charge in [-0.1, -0.05) is 38.2 Å². The second-order valence-corrected chi connectivity index (χ2v) is 11.0. The van der Waals surface area contributed by atoms with E-state index >= 15 is 0 Å². The van der Waals surface area contributed by atoms with Crippen molar-refractivity contribution in [3.8, 4) is 0 Å². The quantitative estimate of drug-likeness (QED) is 0.206. The Morgan fingerprint density at radius 3 is 1.74 bits per heavy atom. The maximum absolute atomic E-state index is 13.0. The van der Waals surface area contributed by atoms with Gasteiger partial charge in [-0.25, -0.2) is 0 Å². The Morgan fingerprint density at radius 1 is 0.789 bits per heavy atom.